The van der Waals surface area contributed by atoms with E-state index in [0.29, 0.717) is 19.3 Å². The monoisotopic (exact) mass is 985 g/mol. The van der Waals surface area contributed by atoms with Gasteiger partial charge in [0, 0.05) is 19.3 Å². The topological polar surface area (TPSA) is 78.9 Å². The first-order valence-electron chi connectivity index (χ1n) is 29.4. The SMILES string of the molecule is CC/C=C\C/C=C\C/C=C\C/C=C\C/C=C\CCCCCCCCCCCCCCCCCCCCCC(=O)OCC(COC(=O)CCCCCCC)OC(=O)CC/C=C\C/C=C\C/C=C\C/C=C\CC. The molecule has 0 spiro atoms. The molecule has 6 nitrogen and oxygen atoms in total. The molecule has 0 saturated heterocycles. The lowest BCUT2D eigenvalue weighted by atomic mass is 10.0. The lowest BCUT2D eigenvalue weighted by Crippen LogP contribution is -2.30. The number of rotatable bonds is 52. The molecular formula is C65H108O6. The third-order valence-electron chi connectivity index (χ3n) is 12.3. The van der Waals surface area contributed by atoms with Crippen LogP contribution in [0.3, 0.4) is 0 Å². The van der Waals surface area contributed by atoms with Gasteiger partial charge < -0.3 is 14.2 Å². The first kappa shape index (κ1) is 67.1. The minimum Gasteiger partial charge on any atom is -0.462 e. The maximum atomic E-state index is 12.7. The van der Waals surface area contributed by atoms with Gasteiger partial charge in [0.25, 0.3) is 0 Å². The number of esters is 3. The smallest absolute Gasteiger partial charge is 0.306 e. The van der Waals surface area contributed by atoms with Crippen molar-refractivity contribution in [2.75, 3.05) is 13.2 Å². The number of carbonyl (C=O) groups excluding carboxylic acids is 3. The van der Waals surface area contributed by atoms with Gasteiger partial charge in [-0.3, -0.25) is 14.4 Å². The number of hydrogen-bond donors (Lipinski definition) is 0. The summed E-state index contributed by atoms with van der Waals surface area (Å²) >= 11 is 0. The van der Waals surface area contributed by atoms with Gasteiger partial charge >= 0.3 is 17.9 Å². The standard InChI is InChI=1S/C65H108O6/c1-4-7-10-13-15-17-19-21-22-23-24-25-26-27-28-29-30-31-32-33-34-35-36-37-38-39-40-41-42-44-45-47-49-52-55-58-64(67)70-61-62(60-69-63(66)57-54-51-12-9-6-3)71-65(68)59-56-53-50-48-46-43-20-18-16-14-11-8-5-2/h7-8,10-11,15-18,21-22,24-25,27-28,43,46,50,53,62H,4-6,9,12-14,19-20,23,26,29-42,44-45,47-49,51-52,54-61H2,1-3H3/b10-7-,11-8-,17-15-,18-16-,22-21-,25-24-,28-27-,46-43-,53-50-. The van der Waals surface area contributed by atoms with Crippen molar-refractivity contribution >= 4 is 17.9 Å². The Labute approximate surface area is 438 Å². The van der Waals surface area contributed by atoms with E-state index in [0.717, 1.165) is 109 Å². The molecule has 0 amide bonds. The summed E-state index contributed by atoms with van der Waals surface area (Å²) in [4.78, 5) is 37.6. The number of allylic oxidation sites excluding steroid dienone is 18. The van der Waals surface area contributed by atoms with E-state index in [4.69, 9.17) is 14.2 Å². The van der Waals surface area contributed by atoms with Crippen LogP contribution in [0.5, 0.6) is 0 Å². The van der Waals surface area contributed by atoms with Crippen LogP contribution in [-0.4, -0.2) is 37.2 Å². The van der Waals surface area contributed by atoms with Gasteiger partial charge in [0.1, 0.15) is 13.2 Å². The van der Waals surface area contributed by atoms with Crippen LogP contribution in [0.4, 0.5) is 0 Å². The van der Waals surface area contributed by atoms with Crippen molar-refractivity contribution < 1.29 is 28.6 Å². The average molecular weight is 986 g/mol. The third-order valence-corrected chi connectivity index (χ3v) is 12.3. The zero-order valence-corrected chi connectivity index (χ0v) is 46.2. The minimum absolute atomic E-state index is 0.105. The molecule has 0 aliphatic rings. The van der Waals surface area contributed by atoms with Crippen LogP contribution >= 0.6 is 0 Å². The molecule has 1 atom stereocenters. The van der Waals surface area contributed by atoms with Crippen molar-refractivity contribution in [2.24, 2.45) is 0 Å². The van der Waals surface area contributed by atoms with Crippen molar-refractivity contribution in [3.8, 4) is 0 Å². The van der Waals surface area contributed by atoms with Gasteiger partial charge in [-0.05, 0) is 89.9 Å². The van der Waals surface area contributed by atoms with E-state index >= 15 is 0 Å². The summed E-state index contributed by atoms with van der Waals surface area (Å²) in [5, 5.41) is 0. The van der Waals surface area contributed by atoms with Gasteiger partial charge in [0.2, 0.25) is 0 Å². The highest BCUT2D eigenvalue weighted by Crippen LogP contribution is 2.16. The predicted molar refractivity (Wildman–Crippen MR) is 307 cm³/mol. The number of carbonyl (C=O) groups is 3. The Balaban J connectivity index is 3.93. The fraction of sp³-hybridized carbons (Fsp3) is 0.677. The quantitative estimate of drug-likeness (QED) is 0.0261. The lowest BCUT2D eigenvalue weighted by Gasteiger charge is -2.18. The zero-order chi connectivity index (χ0) is 51.4. The molecule has 404 valence electrons. The Bertz CT molecular complexity index is 1460. The third kappa shape index (κ3) is 56.9. The fourth-order valence-corrected chi connectivity index (χ4v) is 7.95. The second-order valence-electron chi connectivity index (χ2n) is 19.1. The van der Waals surface area contributed by atoms with E-state index in [1.54, 1.807) is 0 Å². The normalized spacial score (nSPS) is 12.9. The molecule has 0 aromatic heterocycles. The number of hydrogen-bond acceptors (Lipinski definition) is 6. The van der Waals surface area contributed by atoms with Gasteiger partial charge in [0.05, 0.1) is 0 Å². The summed E-state index contributed by atoms with van der Waals surface area (Å²) in [5.41, 5.74) is 0. The summed E-state index contributed by atoms with van der Waals surface area (Å²) in [7, 11) is 0. The van der Waals surface area contributed by atoms with E-state index < -0.39 is 12.1 Å². The summed E-state index contributed by atoms with van der Waals surface area (Å²) in [6.07, 6.45) is 80.3. The van der Waals surface area contributed by atoms with Crippen LogP contribution in [0, 0.1) is 0 Å². The van der Waals surface area contributed by atoms with Crippen molar-refractivity contribution in [2.45, 2.75) is 271 Å². The summed E-state index contributed by atoms with van der Waals surface area (Å²) < 4.78 is 16.6. The molecule has 71 heavy (non-hydrogen) atoms. The van der Waals surface area contributed by atoms with Crippen LogP contribution < -0.4 is 0 Å². The van der Waals surface area contributed by atoms with Gasteiger partial charge in [-0.15, -0.1) is 0 Å². The van der Waals surface area contributed by atoms with E-state index in [9.17, 15) is 14.4 Å². The lowest BCUT2D eigenvalue weighted by molar-refractivity contribution is -0.166. The van der Waals surface area contributed by atoms with Crippen molar-refractivity contribution in [3.05, 3.63) is 109 Å². The van der Waals surface area contributed by atoms with Crippen molar-refractivity contribution in [1.29, 1.82) is 0 Å². The molecule has 0 fully saturated rings. The van der Waals surface area contributed by atoms with Crippen LogP contribution in [0.1, 0.15) is 265 Å². The molecule has 0 saturated carbocycles. The fourth-order valence-electron chi connectivity index (χ4n) is 7.95. The van der Waals surface area contributed by atoms with E-state index in [-0.39, 0.29) is 31.6 Å². The molecule has 0 N–H and O–H groups in total. The molecule has 0 aromatic rings. The first-order valence-corrected chi connectivity index (χ1v) is 29.4. The molecule has 0 aromatic carbocycles. The van der Waals surface area contributed by atoms with Crippen LogP contribution in [0.25, 0.3) is 0 Å². The first-order chi connectivity index (χ1) is 35.0. The van der Waals surface area contributed by atoms with Gasteiger partial charge in [-0.25, -0.2) is 0 Å². The average Bonchev–Trinajstić information content (AvgIpc) is 3.37. The molecule has 0 heterocycles. The zero-order valence-electron chi connectivity index (χ0n) is 46.2. The Hall–Kier alpha value is -3.93. The molecular weight excluding hydrogens is 877 g/mol. The summed E-state index contributed by atoms with van der Waals surface area (Å²) in [6, 6.07) is 0. The molecule has 0 aliphatic carbocycles. The Morgan fingerprint density at radius 2 is 0.577 bits per heavy atom. The number of ether oxygens (including phenoxy) is 3. The molecule has 0 aliphatic heterocycles. The highest BCUT2D eigenvalue weighted by atomic mass is 16.6. The van der Waals surface area contributed by atoms with E-state index in [2.05, 4.69) is 118 Å². The molecule has 0 rings (SSSR count). The second kappa shape index (κ2) is 58.6. The van der Waals surface area contributed by atoms with Gasteiger partial charge in [-0.1, -0.05) is 265 Å². The minimum atomic E-state index is -0.810. The molecule has 6 heteroatoms. The molecule has 0 bridgehead atoms. The van der Waals surface area contributed by atoms with Crippen LogP contribution in [-0.2, 0) is 28.6 Å². The van der Waals surface area contributed by atoms with Crippen LogP contribution in [0.15, 0.2) is 109 Å². The molecule has 1 unspecified atom stereocenters. The maximum absolute atomic E-state index is 12.7. The maximum Gasteiger partial charge on any atom is 0.306 e. The Morgan fingerprint density at radius 3 is 0.915 bits per heavy atom. The van der Waals surface area contributed by atoms with E-state index in [1.165, 1.54) is 109 Å². The van der Waals surface area contributed by atoms with Crippen LogP contribution in [0.2, 0.25) is 0 Å². The van der Waals surface area contributed by atoms with E-state index in [1.807, 2.05) is 12.2 Å². The number of unbranched alkanes of at least 4 members (excludes halogenated alkanes) is 23. The summed E-state index contributed by atoms with van der Waals surface area (Å²) in [6.45, 7) is 6.26. The summed E-state index contributed by atoms with van der Waals surface area (Å²) in [5.74, 6) is -1.00. The highest BCUT2D eigenvalue weighted by Gasteiger charge is 2.19. The van der Waals surface area contributed by atoms with Gasteiger partial charge in [0.15, 0.2) is 6.10 Å². The van der Waals surface area contributed by atoms with Crippen molar-refractivity contribution in [1.82, 2.24) is 0 Å². The van der Waals surface area contributed by atoms with Gasteiger partial charge in [-0.2, -0.15) is 0 Å². The second-order valence-corrected chi connectivity index (χ2v) is 19.1. The predicted octanol–water partition coefficient (Wildman–Crippen LogP) is 19.9. The Kier molecular flexibility index (Phi) is 55.4. The Morgan fingerprint density at radius 1 is 0.296 bits per heavy atom. The highest BCUT2D eigenvalue weighted by molar-refractivity contribution is 5.71. The molecule has 0 radical (unpaired) electrons. The van der Waals surface area contributed by atoms with Crippen molar-refractivity contribution in [3.63, 3.8) is 0 Å². The largest absolute Gasteiger partial charge is 0.462 e.